The molecule has 7 nitrogen and oxygen atoms in total. The van der Waals surface area contributed by atoms with Crippen molar-refractivity contribution in [1.82, 2.24) is 0 Å². The zero-order valence-electron chi connectivity index (χ0n) is 19.3. The monoisotopic (exact) mass is 425 g/mol. The number of rotatable bonds is 6. The number of hydrogen-bond donors (Lipinski definition) is 0. The van der Waals surface area contributed by atoms with Crippen LogP contribution < -0.4 is 0 Å². The van der Waals surface area contributed by atoms with E-state index in [2.05, 4.69) is 10.0 Å². The van der Waals surface area contributed by atoms with Gasteiger partial charge in [-0.3, -0.25) is 9.59 Å². The number of carbonyl (C=O) groups excluding carboxylic acids is 2. The van der Waals surface area contributed by atoms with E-state index >= 15 is 0 Å². The van der Waals surface area contributed by atoms with E-state index in [0.717, 1.165) is 16.7 Å². The summed E-state index contributed by atoms with van der Waals surface area (Å²) in [7, 11) is 2.79. The van der Waals surface area contributed by atoms with Crippen LogP contribution in [0.2, 0.25) is 0 Å². The number of nitrogens with zero attached hydrogens (tertiary/aromatic N) is 3. The van der Waals surface area contributed by atoms with Crippen LogP contribution in [0.4, 0.5) is 0 Å². The molecule has 0 atom stereocenters. The Labute approximate surface area is 184 Å². The molecule has 0 amide bonds. The largest absolute Gasteiger partial charge is 0.468 e. The maximum Gasteiger partial charge on any atom is 0.315 e. The van der Waals surface area contributed by atoms with Crippen molar-refractivity contribution in [3.8, 4) is 0 Å². The molecule has 0 unspecified atom stereocenters. The van der Waals surface area contributed by atoms with Crippen LogP contribution in [0.5, 0.6) is 0 Å². The Balaban J connectivity index is 0.000000316. The molecule has 0 saturated heterocycles. The van der Waals surface area contributed by atoms with Crippen LogP contribution in [0.3, 0.4) is 0 Å². The fraction of sp³-hybridized carbons (Fsp3) is 0.417. The number of hydrogen-bond acceptors (Lipinski definition) is 5. The summed E-state index contributed by atoms with van der Waals surface area (Å²) in [5, 5.41) is 3.47. The van der Waals surface area contributed by atoms with Gasteiger partial charge in [0.15, 0.2) is 0 Å². The van der Waals surface area contributed by atoms with Crippen molar-refractivity contribution in [2.24, 2.45) is 5.11 Å². The lowest BCUT2D eigenvalue weighted by molar-refractivity contribution is -0.147. The Hall–Kier alpha value is -3.31. The maximum absolute atomic E-state index is 11.6. The smallest absolute Gasteiger partial charge is 0.315 e. The van der Waals surface area contributed by atoms with Crippen molar-refractivity contribution in [2.45, 2.75) is 52.0 Å². The molecule has 0 aliphatic carbocycles. The van der Waals surface area contributed by atoms with E-state index in [9.17, 15) is 9.59 Å². The molecule has 0 saturated carbocycles. The second-order valence-corrected chi connectivity index (χ2v) is 8.19. The predicted molar refractivity (Wildman–Crippen MR) is 121 cm³/mol. The average Bonchev–Trinajstić information content (AvgIpc) is 2.77. The van der Waals surface area contributed by atoms with Gasteiger partial charge in [0.25, 0.3) is 0 Å². The van der Waals surface area contributed by atoms with Gasteiger partial charge in [-0.25, -0.2) is 0 Å². The van der Waals surface area contributed by atoms with E-state index < -0.39 is 10.8 Å². The Kier molecular flexibility index (Phi) is 9.28. The Morgan fingerprint density at radius 1 is 0.839 bits per heavy atom. The van der Waals surface area contributed by atoms with Gasteiger partial charge in [-0.05, 0) is 56.8 Å². The van der Waals surface area contributed by atoms with Crippen LogP contribution in [-0.2, 0) is 36.4 Å². The number of benzene rings is 2. The van der Waals surface area contributed by atoms with Gasteiger partial charge in [0.2, 0.25) is 0 Å². The zero-order chi connectivity index (χ0) is 23.7. The summed E-state index contributed by atoms with van der Waals surface area (Å²) in [6.45, 7) is 9.68. The first-order chi connectivity index (χ1) is 14.5. The van der Waals surface area contributed by atoms with Crippen molar-refractivity contribution in [3.05, 3.63) is 81.2 Å². The molecule has 0 N–H and O–H groups in total. The van der Waals surface area contributed by atoms with Gasteiger partial charge in [-0.1, -0.05) is 59.2 Å². The Morgan fingerprint density at radius 2 is 1.23 bits per heavy atom. The molecule has 0 fully saturated rings. The standard InChI is InChI=1S/C12H15N3O2.C12H16O2/c1-12(2,11(16)17-3)10-6-4-9(5-7-10)8-14-15-13;1-9-5-7-10(8-6-9)12(2,3)11(13)14-4/h4-7H,8H2,1-3H3;5-8H,1-4H3. The van der Waals surface area contributed by atoms with Crippen LogP contribution in [0.15, 0.2) is 53.6 Å². The van der Waals surface area contributed by atoms with E-state index in [1.54, 1.807) is 13.8 Å². The van der Waals surface area contributed by atoms with Crippen molar-refractivity contribution >= 4 is 11.9 Å². The lowest BCUT2D eigenvalue weighted by Gasteiger charge is -2.22. The van der Waals surface area contributed by atoms with E-state index in [4.69, 9.17) is 15.0 Å². The van der Waals surface area contributed by atoms with Crippen LogP contribution in [0, 0.1) is 6.92 Å². The molecule has 0 radical (unpaired) electrons. The van der Waals surface area contributed by atoms with Gasteiger partial charge in [0.1, 0.15) is 0 Å². The summed E-state index contributed by atoms with van der Waals surface area (Å²) in [5.41, 5.74) is 10.9. The SMILES string of the molecule is COC(=O)C(C)(C)c1ccc(C)cc1.COC(=O)C(C)(C)c1ccc(CN=[N+]=[N-])cc1. The van der Waals surface area contributed by atoms with Crippen molar-refractivity contribution in [2.75, 3.05) is 14.2 Å². The zero-order valence-corrected chi connectivity index (χ0v) is 19.3. The van der Waals surface area contributed by atoms with Gasteiger partial charge < -0.3 is 9.47 Å². The van der Waals surface area contributed by atoms with Crippen LogP contribution in [0.1, 0.15) is 49.9 Å². The average molecular weight is 426 g/mol. The lowest BCUT2D eigenvalue weighted by atomic mass is 9.84. The fourth-order valence-electron chi connectivity index (χ4n) is 2.86. The molecular formula is C24H31N3O4. The third kappa shape index (κ3) is 6.86. The van der Waals surface area contributed by atoms with Crippen LogP contribution in [0.25, 0.3) is 10.4 Å². The highest BCUT2D eigenvalue weighted by molar-refractivity contribution is 5.82. The third-order valence-corrected chi connectivity index (χ3v) is 5.16. The lowest BCUT2D eigenvalue weighted by Crippen LogP contribution is -2.30. The highest BCUT2D eigenvalue weighted by Crippen LogP contribution is 2.25. The number of carbonyl (C=O) groups is 2. The summed E-state index contributed by atoms with van der Waals surface area (Å²) in [5.74, 6) is -0.485. The molecule has 0 bridgehead atoms. The first kappa shape index (κ1) is 25.7. The minimum absolute atomic E-state index is 0.207. The van der Waals surface area contributed by atoms with Crippen molar-refractivity contribution < 1.29 is 19.1 Å². The minimum atomic E-state index is -0.675. The van der Waals surface area contributed by atoms with E-state index in [1.807, 2.05) is 69.3 Å². The quantitative estimate of drug-likeness (QED) is 0.268. The predicted octanol–water partition coefficient (Wildman–Crippen LogP) is 5.39. The number of esters is 2. The van der Waals surface area contributed by atoms with Gasteiger partial charge in [0, 0.05) is 4.91 Å². The normalized spacial score (nSPS) is 10.8. The van der Waals surface area contributed by atoms with Crippen LogP contribution in [-0.4, -0.2) is 26.2 Å². The second kappa shape index (κ2) is 11.2. The molecule has 0 heterocycles. The highest BCUT2D eigenvalue weighted by Gasteiger charge is 2.31. The molecular weight excluding hydrogens is 394 g/mol. The topological polar surface area (TPSA) is 101 Å². The van der Waals surface area contributed by atoms with Gasteiger partial charge in [0.05, 0.1) is 31.6 Å². The van der Waals surface area contributed by atoms with Gasteiger partial charge in [-0.2, -0.15) is 0 Å². The summed E-state index contributed by atoms with van der Waals surface area (Å²) in [6.07, 6.45) is 0. The van der Waals surface area contributed by atoms with E-state index in [1.165, 1.54) is 19.8 Å². The van der Waals surface area contributed by atoms with Crippen LogP contribution >= 0.6 is 0 Å². The van der Waals surface area contributed by atoms with Crippen molar-refractivity contribution in [3.63, 3.8) is 0 Å². The first-order valence-corrected chi connectivity index (χ1v) is 9.85. The number of methoxy groups -OCH3 is 2. The van der Waals surface area contributed by atoms with Gasteiger partial charge >= 0.3 is 11.9 Å². The second-order valence-electron chi connectivity index (χ2n) is 8.19. The summed E-state index contributed by atoms with van der Waals surface area (Å²) in [4.78, 5) is 25.8. The Bertz CT molecular complexity index is 926. The van der Waals surface area contributed by atoms with E-state index in [-0.39, 0.29) is 11.9 Å². The number of aryl methyl sites for hydroxylation is 1. The first-order valence-electron chi connectivity index (χ1n) is 9.85. The van der Waals surface area contributed by atoms with E-state index in [0.29, 0.717) is 6.54 Å². The van der Waals surface area contributed by atoms with Crippen molar-refractivity contribution in [1.29, 1.82) is 0 Å². The molecule has 2 aromatic rings. The molecule has 2 rings (SSSR count). The molecule has 31 heavy (non-hydrogen) atoms. The highest BCUT2D eigenvalue weighted by atomic mass is 16.5. The van der Waals surface area contributed by atoms with Gasteiger partial charge in [-0.15, -0.1) is 0 Å². The fourth-order valence-corrected chi connectivity index (χ4v) is 2.86. The molecule has 0 aliphatic rings. The molecule has 166 valence electrons. The molecule has 0 aliphatic heterocycles. The Morgan fingerprint density at radius 3 is 1.58 bits per heavy atom. The molecule has 2 aromatic carbocycles. The number of ether oxygens (including phenoxy) is 2. The summed E-state index contributed by atoms with van der Waals surface area (Å²) < 4.78 is 9.52. The third-order valence-electron chi connectivity index (χ3n) is 5.16. The maximum atomic E-state index is 11.6. The molecule has 0 aromatic heterocycles. The molecule has 0 spiro atoms. The summed E-state index contributed by atoms with van der Waals surface area (Å²) in [6, 6.07) is 15.3. The minimum Gasteiger partial charge on any atom is -0.468 e. The molecule has 7 heteroatoms. The number of azide groups is 1. The summed E-state index contributed by atoms with van der Waals surface area (Å²) >= 11 is 0.